The third-order valence-electron chi connectivity index (χ3n) is 7.79. The average Bonchev–Trinajstić information content (AvgIpc) is 3.31. The minimum absolute atomic E-state index is 0.0138. The fourth-order valence-electron chi connectivity index (χ4n) is 5.49. The van der Waals surface area contributed by atoms with Crippen molar-refractivity contribution in [3.63, 3.8) is 0 Å². The summed E-state index contributed by atoms with van der Waals surface area (Å²) in [7, 11) is 2.81. The molecule has 2 aromatic carbocycles. The number of methoxy groups -OCH3 is 2. The van der Waals surface area contributed by atoms with Crippen LogP contribution in [0, 0.1) is 13.8 Å². The molecule has 0 radical (unpaired) electrons. The molecule has 1 aliphatic rings. The SMILES string of the molecule is COC(=O)c1ccc(-c2cnc(OC)c(-c3cnc(SC)nc3CN3C(=O)O[C@H](c4cc(C)cc(C(F)(F)F)c4)[C@@H]3C)c2)c(C)c1. The largest absolute Gasteiger partial charge is 0.481 e. The summed E-state index contributed by atoms with van der Waals surface area (Å²) in [6.07, 6.45) is -1.04. The maximum Gasteiger partial charge on any atom is 0.416 e. The summed E-state index contributed by atoms with van der Waals surface area (Å²) < 4.78 is 56.8. The zero-order valence-corrected chi connectivity index (χ0v) is 26.7. The second kappa shape index (κ2) is 13.0. The number of pyridine rings is 1. The third-order valence-corrected chi connectivity index (χ3v) is 8.35. The zero-order valence-electron chi connectivity index (χ0n) is 25.9. The van der Waals surface area contributed by atoms with Crippen LogP contribution in [0.2, 0.25) is 0 Å². The van der Waals surface area contributed by atoms with E-state index in [1.165, 1.54) is 30.9 Å². The Morgan fingerprint density at radius 3 is 2.43 bits per heavy atom. The highest BCUT2D eigenvalue weighted by Crippen LogP contribution is 2.40. The maximum atomic E-state index is 13.6. The van der Waals surface area contributed by atoms with Gasteiger partial charge in [-0.2, -0.15) is 13.2 Å². The Bertz CT molecular complexity index is 1820. The molecule has 1 saturated heterocycles. The molecule has 9 nitrogen and oxygen atoms in total. The van der Waals surface area contributed by atoms with Gasteiger partial charge in [0.1, 0.15) is 6.10 Å². The Hall–Kier alpha value is -4.65. The van der Waals surface area contributed by atoms with Crippen LogP contribution in [0.5, 0.6) is 5.88 Å². The molecule has 0 bridgehead atoms. The summed E-state index contributed by atoms with van der Waals surface area (Å²) in [5.41, 5.74) is 4.23. The predicted molar refractivity (Wildman–Crippen MR) is 166 cm³/mol. The molecule has 1 aliphatic heterocycles. The zero-order chi connectivity index (χ0) is 33.3. The van der Waals surface area contributed by atoms with Crippen LogP contribution in [0.3, 0.4) is 0 Å². The Morgan fingerprint density at radius 2 is 1.78 bits per heavy atom. The van der Waals surface area contributed by atoms with E-state index < -0.39 is 35.9 Å². The van der Waals surface area contributed by atoms with E-state index in [0.29, 0.717) is 39.0 Å². The first-order chi connectivity index (χ1) is 21.8. The van der Waals surface area contributed by atoms with Crippen LogP contribution in [0.15, 0.2) is 60.0 Å². The van der Waals surface area contributed by atoms with Crippen molar-refractivity contribution in [3.8, 4) is 28.1 Å². The van der Waals surface area contributed by atoms with Crippen molar-refractivity contribution in [2.24, 2.45) is 0 Å². The van der Waals surface area contributed by atoms with Crippen LogP contribution >= 0.6 is 11.8 Å². The number of alkyl halides is 3. The van der Waals surface area contributed by atoms with Gasteiger partial charge in [-0.15, -0.1) is 0 Å². The molecule has 3 heterocycles. The molecule has 4 aromatic rings. The van der Waals surface area contributed by atoms with E-state index in [2.05, 4.69) is 9.97 Å². The Labute approximate surface area is 268 Å². The monoisotopic (exact) mass is 652 g/mol. The molecule has 0 spiro atoms. The first kappa shape index (κ1) is 32.7. The highest BCUT2D eigenvalue weighted by atomic mass is 32.2. The molecule has 5 rings (SSSR count). The summed E-state index contributed by atoms with van der Waals surface area (Å²) in [6.45, 7) is 5.15. The quantitative estimate of drug-likeness (QED) is 0.109. The van der Waals surface area contributed by atoms with Gasteiger partial charge >= 0.3 is 18.2 Å². The lowest BCUT2D eigenvalue weighted by molar-refractivity contribution is -0.137. The van der Waals surface area contributed by atoms with E-state index in [1.807, 2.05) is 19.2 Å². The van der Waals surface area contributed by atoms with E-state index in [9.17, 15) is 22.8 Å². The molecule has 0 N–H and O–H groups in total. The highest BCUT2D eigenvalue weighted by molar-refractivity contribution is 7.98. The van der Waals surface area contributed by atoms with Crippen molar-refractivity contribution in [1.29, 1.82) is 0 Å². The van der Waals surface area contributed by atoms with Gasteiger partial charge in [0.05, 0.1) is 43.6 Å². The van der Waals surface area contributed by atoms with Crippen LogP contribution in [0.25, 0.3) is 22.3 Å². The number of carbonyl (C=O) groups is 2. The van der Waals surface area contributed by atoms with Crippen LogP contribution in [-0.2, 0) is 22.2 Å². The van der Waals surface area contributed by atoms with E-state index in [0.717, 1.165) is 28.8 Å². The fraction of sp³-hybridized carbons (Fsp3) is 0.303. The average molecular weight is 653 g/mol. The first-order valence-corrected chi connectivity index (χ1v) is 15.4. The molecule has 0 aliphatic carbocycles. The molecule has 13 heteroatoms. The molecule has 240 valence electrons. The Morgan fingerprint density at radius 1 is 1.02 bits per heavy atom. The van der Waals surface area contributed by atoms with Crippen molar-refractivity contribution in [3.05, 3.63) is 88.4 Å². The number of amides is 1. The standard InChI is InChI=1S/C33H31F3N4O5S/c1-17-9-21(12-23(10-17)33(34,35)36)28-19(3)40(32(42)45-28)16-27-26(15-38-31(39-27)46-6)25-13-22(14-37-29(25)43-4)24-8-7-20(11-18(24)2)30(41)44-5/h7-15,19,28H,16H2,1-6H3/t19-,28-/m0/s1. The minimum Gasteiger partial charge on any atom is -0.481 e. The summed E-state index contributed by atoms with van der Waals surface area (Å²) in [6, 6.07) is 10.1. The van der Waals surface area contributed by atoms with Gasteiger partial charge < -0.3 is 14.2 Å². The summed E-state index contributed by atoms with van der Waals surface area (Å²) in [5.74, 6) is -0.150. The molecule has 1 amide bonds. The van der Waals surface area contributed by atoms with Crippen molar-refractivity contribution in [2.45, 2.75) is 50.8 Å². The van der Waals surface area contributed by atoms with Crippen LogP contribution < -0.4 is 4.74 Å². The molecule has 2 aromatic heterocycles. The van der Waals surface area contributed by atoms with E-state index >= 15 is 0 Å². The lowest BCUT2D eigenvalue weighted by Gasteiger charge is -2.23. The molecule has 0 unspecified atom stereocenters. The van der Waals surface area contributed by atoms with Gasteiger partial charge in [-0.3, -0.25) is 4.90 Å². The van der Waals surface area contributed by atoms with Gasteiger partial charge in [0.15, 0.2) is 5.16 Å². The number of hydrogen-bond acceptors (Lipinski definition) is 9. The fourth-order valence-corrected chi connectivity index (χ4v) is 5.85. The van der Waals surface area contributed by atoms with Crippen molar-refractivity contribution >= 4 is 23.8 Å². The van der Waals surface area contributed by atoms with Gasteiger partial charge in [0.2, 0.25) is 5.88 Å². The molecular formula is C33H31F3N4O5S. The maximum absolute atomic E-state index is 13.6. The number of carbonyl (C=O) groups excluding carboxylic acids is 2. The number of hydrogen-bond donors (Lipinski definition) is 0. The molecule has 0 saturated carbocycles. The predicted octanol–water partition coefficient (Wildman–Crippen LogP) is 7.44. The smallest absolute Gasteiger partial charge is 0.416 e. The molecular weight excluding hydrogens is 621 g/mol. The number of rotatable bonds is 8. The number of aryl methyl sites for hydroxylation is 2. The Balaban J connectivity index is 1.53. The van der Waals surface area contributed by atoms with E-state index in [-0.39, 0.29) is 12.1 Å². The third kappa shape index (κ3) is 6.50. The molecule has 46 heavy (non-hydrogen) atoms. The van der Waals surface area contributed by atoms with E-state index in [1.54, 1.807) is 50.5 Å². The van der Waals surface area contributed by atoms with Gasteiger partial charge in [-0.25, -0.2) is 24.5 Å². The first-order valence-electron chi connectivity index (χ1n) is 14.1. The van der Waals surface area contributed by atoms with Gasteiger partial charge in [-0.1, -0.05) is 29.5 Å². The van der Waals surface area contributed by atoms with Gasteiger partial charge in [0.25, 0.3) is 0 Å². The van der Waals surface area contributed by atoms with Gasteiger partial charge in [0, 0.05) is 29.1 Å². The topological polar surface area (TPSA) is 104 Å². The van der Waals surface area contributed by atoms with Crippen LogP contribution in [-0.4, -0.2) is 58.4 Å². The highest BCUT2D eigenvalue weighted by Gasteiger charge is 2.41. The number of nitrogens with zero attached hydrogens (tertiary/aromatic N) is 4. The van der Waals surface area contributed by atoms with Crippen molar-refractivity contribution < 1.29 is 37.0 Å². The number of aromatic nitrogens is 3. The number of esters is 1. The summed E-state index contributed by atoms with van der Waals surface area (Å²) in [5, 5.41) is 0.460. The normalized spacial score (nSPS) is 16.4. The molecule has 1 fully saturated rings. The summed E-state index contributed by atoms with van der Waals surface area (Å²) in [4.78, 5) is 40.4. The number of thioether (sulfide) groups is 1. The van der Waals surface area contributed by atoms with Crippen LogP contribution in [0.1, 0.15) is 51.3 Å². The van der Waals surface area contributed by atoms with Crippen LogP contribution in [0.4, 0.5) is 18.0 Å². The number of halogens is 3. The van der Waals surface area contributed by atoms with Crippen molar-refractivity contribution in [1.82, 2.24) is 19.9 Å². The number of benzene rings is 2. The van der Waals surface area contributed by atoms with E-state index in [4.69, 9.17) is 19.2 Å². The second-order valence-electron chi connectivity index (χ2n) is 10.8. The van der Waals surface area contributed by atoms with Gasteiger partial charge in [-0.05, 0) is 74.0 Å². The summed E-state index contributed by atoms with van der Waals surface area (Å²) >= 11 is 1.32. The lowest BCUT2D eigenvalue weighted by Crippen LogP contribution is -2.32. The minimum atomic E-state index is -4.54. The second-order valence-corrected chi connectivity index (χ2v) is 11.6. The Kier molecular flexibility index (Phi) is 9.24. The van der Waals surface area contributed by atoms with Crippen molar-refractivity contribution in [2.75, 3.05) is 20.5 Å². The number of ether oxygens (including phenoxy) is 3. The molecule has 2 atom stereocenters. The lowest BCUT2D eigenvalue weighted by atomic mass is 9.96. The number of cyclic esters (lactones) is 1.